The molecule has 3 rings (SSSR count). The van der Waals surface area contributed by atoms with E-state index in [9.17, 15) is 0 Å². The van der Waals surface area contributed by atoms with E-state index in [1.54, 1.807) is 0 Å². The van der Waals surface area contributed by atoms with Crippen LogP contribution in [0, 0.1) is 18.3 Å². The Bertz CT molecular complexity index is 791. The van der Waals surface area contributed by atoms with Gasteiger partial charge in [-0.1, -0.05) is 6.07 Å². The normalized spacial score (nSPS) is 10.8. The first kappa shape index (κ1) is 11.9. The Labute approximate surface area is 115 Å². The van der Waals surface area contributed by atoms with Gasteiger partial charge in [-0.25, -0.2) is 9.97 Å². The number of benzene rings is 1. The lowest BCUT2D eigenvalue weighted by molar-refractivity contribution is 0.886. The monoisotopic (exact) mass is 268 g/mol. The summed E-state index contributed by atoms with van der Waals surface area (Å²) in [6.45, 7) is 1.99. The van der Waals surface area contributed by atoms with Crippen molar-refractivity contribution in [2.75, 3.05) is 0 Å². The zero-order valence-corrected chi connectivity index (χ0v) is 11.5. The SMILES string of the molecule is Cc1nc2cc(-c3csc(CC#N)n3)ccc2n1C. The highest BCUT2D eigenvalue weighted by Crippen LogP contribution is 2.25. The van der Waals surface area contributed by atoms with E-state index in [2.05, 4.69) is 32.7 Å². The van der Waals surface area contributed by atoms with Crippen LogP contribution in [0.1, 0.15) is 10.8 Å². The summed E-state index contributed by atoms with van der Waals surface area (Å²) in [7, 11) is 2.01. The highest BCUT2D eigenvalue weighted by molar-refractivity contribution is 7.10. The Morgan fingerprint density at radius 2 is 2.21 bits per heavy atom. The summed E-state index contributed by atoms with van der Waals surface area (Å²) in [6.07, 6.45) is 0.371. The van der Waals surface area contributed by atoms with Crippen LogP contribution in [-0.2, 0) is 13.5 Å². The lowest BCUT2D eigenvalue weighted by atomic mass is 10.1. The van der Waals surface area contributed by atoms with E-state index in [1.807, 2.05) is 25.4 Å². The van der Waals surface area contributed by atoms with Gasteiger partial charge in [0, 0.05) is 18.0 Å². The Balaban J connectivity index is 2.07. The fraction of sp³-hybridized carbons (Fsp3) is 0.214. The first-order valence-electron chi connectivity index (χ1n) is 5.94. The van der Waals surface area contributed by atoms with Crippen LogP contribution in [0.2, 0.25) is 0 Å². The summed E-state index contributed by atoms with van der Waals surface area (Å²) in [6, 6.07) is 8.28. The van der Waals surface area contributed by atoms with Crippen LogP contribution in [-0.4, -0.2) is 14.5 Å². The number of nitriles is 1. The predicted molar refractivity (Wildman–Crippen MR) is 75.9 cm³/mol. The van der Waals surface area contributed by atoms with Crippen molar-refractivity contribution >= 4 is 22.4 Å². The van der Waals surface area contributed by atoms with Crippen molar-refractivity contribution in [3.05, 3.63) is 34.4 Å². The summed E-state index contributed by atoms with van der Waals surface area (Å²) in [4.78, 5) is 9.00. The Morgan fingerprint density at radius 1 is 1.37 bits per heavy atom. The van der Waals surface area contributed by atoms with E-state index in [-0.39, 0.29) is 0 Å². The van der Waals surface area contributed by atoms with Crippen LogP contribution in [0.15, 0.2) is 23.6 Å². The molecule has 0 atom stereocenters. The van der Waals surface area contributed by atoms with Crippen molar-refractivity contribution in [1.29, 1.82) is 5.26 Å². The van der Waals surface area contributed by atoms with Gasteiger partial charge in [0.05, 0.1) is 29.2 Å². The van der Waals surface area contributed by atoms with E-state index in [0.29, 0.717) is 6.42 Å². The minimum atomic E-state index is 0.371. The molecule has 0 fully saturated rings. The second-order valence-corrected chi connectivity index (χ2v) is 5.33. The standard InChI is InChI=1S/C14H12N4S/c1-9-16-11-7-10(3-4-13(11)18(9)2)12-8-19-14(17-12)5-6-15/h3-4,7-8H,5H2,1-2H3. The summed E-state index contributed by atoms with van der Waals surface area (Å²) in [5.41, 5.74) is 4.06. The van der Waals surface area contributed by atoms with Crippen molar-refractivity contribution in [1.82, 2.24) is 14.5 Å². The summed E-state index contributed by atoms with van der Waals surface area (Å²) in [5, 5.41) is 11.5. The fourth-order valence-electron chi connectivity index (χ4n) is 2.07. The van der Waals surface area contributed by atoms with Gasteiger partial charge in [-0.05, 0) is 19.1 Å². The minimum Gasteiger partial charge on any atom is -0.331 e. The lowest BCUT2D eigenvalue weighted by Gasteiger charge is -1.98. The molecule has 2 heterocycles. The van der Waals surface area contributed by atoms with E-state index in [4.69, 9.17) is 5.26 Å². The van der Waals surface area contributed by atoms with Gasteiger partial charge < -0.3 is 4.57 Å². The van der Waals surface area contributed by atoms with E-state index < -0.39 is 0 Å². The summed E-state index contributed by atoms with van der Waals surface area (Å²) in [5.74, 6) is 0.996. The van der Waals surface area contributed by atoms with Crippen molar-refractivity contribution in [2.24, 2.45) is 7.05 Å². The third-order valence-corrected chi connectivity index (χ3v) is 4.03. The molecule has 0 radical (unpaired) electrons. The van der Waals surface area contributed by atoms with Gasteiger partial charge in [-0.3, -0.25) is 0 Å². The molecule has 0 saturated heterocycles. The molecule has 5 heteroatoms. The average Bonchev–Trinajstić information content (AvgIpc) is 2.96. The zero-order chi connectivity index (χ0) is 13.4. The molecule has 0 spiro atoms. The molecule has 0 amide bonds. The van der Waals surface area contributed by atoms with Crippen LogP contribution in [0.4, 0.5) is 0 Å². The number of nitrogens with zero attached hydrogens (tertiary/aromatic N) is 4. The van der Waals surface area contributed by atoms with Gasteiger partial charge in [0.15, 0.2) is 0 Å². The van der Waals surface area contributed by atoms with Gasteiger partial charge in [-0.2, -0.15) is 5.26 Å². The van der Waals surface area contributed by atoms with Gasteiger partial charge in [0.1, 0.15) is 10.8 Å². The Hall–Kier alpha value is -2.19. The van der Waals surface area contributed by atoms with Gasteiger partial charge in [0.2, 0.25) is 0 Å². The molecule has 0 bridgehead atoms. The van der Waals surface area contributed by atoms with Crippen LogP contribution < -0.4 is 0 Å². The molecule has 3 aromatic rings. The van der Waals surface area contributed by atoms with Gasteiger partial charge >= 0.3 is 0 Å². The maximum Gasteiger partial charge on any atom is 0.107 e. The molecule has 0 unspecified atom stereocenters. The number of rotatable bonds is 2. The van der Waals surface area contributed by atoms with Crippen LogP contribution in [0.5, 0.6) is 0 Å². The van der Waals surface area contributed by atoms with E-state index in [0.717, 1.165) is 33.1 Å². The molecule has 2 aromatic heterocycles. The largest absolute Gasteiger partial charge is 0.331 e. The summed E-state index contributed by atoms with van der Waals surface area (Å²) >= 11 is 1.52. The molecule has 94 valence electrons. The van der Waals surface area contributed by atoms with Crippen molar-refractivity contribution in [3.8, 4) is 17.3 Å². The van der Waals surface area contributed by atoms with Crippen LogP contribution >= 0.6 is 11.3 Å². The maximum absolute atomic E-state index is 8.68. The first-order chi connectivity index (χ1) is 9.19. The second kappa shape index (κ2) is 4.48. The second-order valence-electron chi connectivity index (χ2n) is 4.38. The highest BCUT2D eigenvalue weighted by atomic mass is 32.1. The van der Waals surface area contributed by atoms with Crippen LogP contribution in [0.25, 0.3) is 22.3 Å². The quantitative estimate of drug-likeness (QED) is 0.717. The number of hydrogen-bond acceptors (Lipinski definition) is 4. The third-order valence-electron chi connectivity index (χ3n) is 3.18. The molecular formula is C14H12N4S. The lowest BCUT2D eigenvalue weighted by Crippen LogP contribution is -1.89. The summed E-state index contributed by atoms with van der Waals surface area (Å²) < 4.78 is 2.07. The molecule has 0 saturated carbocycles. The molecule has 0 aliphatic heterocycles. The van der Waals surface area contributed by atoms with E-state index >= 15 is 0 Å². The van der Waals surface area contributed by atoms with Crippen LogP contribution in [0.3, 0.4) is 0 Å². The Kier molecular flexibility index (Phi) is 2.80. The molecule has 0 aliphatic carbocycles. The number of imidazole rings is 1. The number of aryl methyl sites for hydroxylation is 2. The number of hydrogen-bond donors (Lipinski definition) is 0. The molecule has 0 aliphatic rings. The maximum atomic E-state index is 8.68. The molecule has 19 heavy (non-hydrogen) atoms. The smallest absolute Gasteiger partial charge is 0.107 e. The molecule has 1 aromatic carbocycles. The number of thiazole rings is 1. The highest BCUT2D eigenvalue weighted by Gasteiger charge is 2.08. The Morgan fingerprint density at radius 3 is 3.00 bits per heavy atom. The van der Waals surface area contributed by atoms with E-state index in [1.165, 1.54) is 11.3 Å². The minimum absolute atomic E-state index is 0.371. The first-order valence-corrected chi connectivity index (χ1v) is 6.82. The predicted octanol–water partition coefficient (Wildman–Crippen LogP) is 3.07. The number of aromatic nitrogens is 3. The fourth-order valence-corrected chi connectivity index (χ4v) is 2.81. The van der Waals surface area contributed by atoms with Crippen molar-refractivity contribution < 1.29 is 0 Å². The third kappa shape index (κ3) is 2.00. The zero-order valence-electron chi connectivity index (χ0n) is 10.7. The topological polar surface area (TPSA) is 54.5 Å². The van der Waals surface area contributed by atoms with Crippen molar-refractivity contribution in [3.63, 3.8) is 0 Å². The van der Waals surface area contributed by atoms with Gasteiger partial charge in [-0.15, -0.1) is 11.3 Å². The number of fused-ring (bicyclic) bond motifs is 1. The molecular weight excluding hydrogens is 256 g/mol. The van der Waals surface area contributed by atoms with Gasteiger partial charge in [0.25, 0.3) is 0 Å². The average molecular weight is 268 g/mol. The molecule has 0 N–H and O–H groups in total. The van der Waals surface area contributed by atoms with Crippen molar-refractivity contribution in [2.45, 2.75) is 13.3 Å². The molecule has 4 nitrogen and oxygen atoms in total.